The maximum absolute atomic E-state index is 13.1. The van der Waals surface area contributed by atoms with Crippen molar-refractivity contribution in [3.8, 4) is 5.75 Å². The van der Waals surface area contributed by atoms with Crippen LogP contribution < -0.4 is 10.5 Å². The van der Waals surface area contributed by atoms with Gasteiger partial charge in [-0.15, -0.1) is 0 Å². The smallest absolute Gasteiger partial charge is 0.145 e. The molecule has 0 amide bonds. The maximum Gasteiger partial charge on any atom is 0.145 e. The Morgan fingerprint density at radius 2 is 2.14 bits per heavy atom. The lowest BCUT2D eigenvalue weighted by Crippen LogP contribution is -2.19. The van der Waals surface area contributed by atoms with E-state index < -0.39 is 5.82 Å². The predicted octanol–water partition coefficient (Wildman–Crippen LogP) is 2.44. The Morgan fingerprint density at radius 3 is 2.64 bits per heavy atom. The minimum absolute atomic E-state index is 0.0949. The molecular weight excluding hydrogens is 205 g/mol. The van der Waals surface area contributed by atoms with Crippen LogP contribution in [0.4, 0.5) is 4.39 Å². The zero-order valence-electron chi connectivity index (χ0n) is 7.81. The van der Waals surface area contributed by atoms with E-state index in [1.165, 1.54) is 13.2 Å². The maximum atomic E-state index is 13.1. The van der Waals surface area contributed by atoms with Gasteiger partial charge in [-0.3, -0.25) is 0 Å². The van der Waals surface area contributed by atoms with Gasteiger partial charge in [-0.25, -0.2) is 4.39 Å². The van der Waals surface area contributed by atoms with Crippen molar-refractivity contribution in [3.63, 3.8) is 0 Å². The van der Waals surface area contributed by atoms with Crippen molar-refractivity contribution < 1.29 is 9.13 Å². The van der Waals surface area contributed by atoms with Crippen molar-refractivity contribution in [2.45, 2.75) is 18.4 Å². The van der Waals surface area contributed by atoms with Crippen LogP contribution in [0.5, 0.6) is 5.75 Å². The van der Waals surface area contributed by atoms with Crippen molar-refractivity contribution in [1.29, 1.82) is 0 Å². The van der Waals surface area contributed by atoms with Crippen molar-refractivity contribution in [1.82, 2.24) is 0 Å². The zero-order chi connectivity index (χ0) is 10.3. The van der Waals surface area contributed by atoms with Gasteiger partial charge in [0.25, 0.3) is 0 Å². The fourth-order valence-corrected chi connectivity index (χ4v) is 1.65. The van der Waals surface area contributed by atoms with E-state index in [2.05, 4.69) is 0 Å². The summed E-state index contributed by atoms with van der Waals surface area (Å²) < 4.78 is 18.2. The number of benzene rings is 1. The topological polar surface area (TPSA) is 35.2 Å². The Bertz CT molecular complexity index is 377. The largest absolute Gasteiger partial charge is 0.496 e. The highest BCUT2D eigenvalue weighted by molar-refractivity contribution is 6.30. The molecule has 1 aliphatic carbocycles. The summed E-state index contributed by atoms with van der Waals surface area (Å²) in [4.78, 5) is 0. The molecule has 4 heteroatoms. The zero-order valence-corrected chi connectivity index (χ0v) is 8.57. The molecule has 0 spiro atoms. The second-order valence-electron chi connectivity index (χ2n) is 3.62. The third-order valence-electron chi connectivity index (χ3n) is 2.57. The average Bonchev–Trinajstić information content (AvgIpc) is 2.89. The first-order valence-electron chi connectivity index (χ1n) is 4.39. The molecule has 1 fully saturated rings. The second-order valence-corrected chi connectivity index (χ2v) is 4.03. The third-order valence-corrected chi connectivity index (χ3v) is 2.86. The van der Waals surface area contributed by atoms with Crippen LogP contribution in [0.15, 0.2) is 12.1 Å². The van der Waals surface area contributed by atoms with E-state index in [1.54, 1.807) is 6.07 Å². The highest BCUT2D eigenvalue weighted by Gasteiger charge is 2.42. The number of halogens is 2. The van der Waals surface area contributed by atoms with E-state index in [0.29, 0.717) is 5.75 Å². The fourth-order valence-electron chi connectivity index (χ4n) is 1.49. The molecule has 0 bridgehead atoms. The Hall–Kier alpha value is -0.800. The van der Waals surface area contributed by atoms with Gasteiger partial charge in [-0.05, 0) is 18.9 Å². The molecule has 2 rings (SSSR count). The van der Waals surface area contributed by atoms with Crippen molar-refractivity contribution in [2.75, 3.05) is 7.11 Å². The molecule has 0 aromatic heterocycles. The highest BCUT2D eigenvalue weighted by atomic mass is 35.5. The van der Waals surface area contributed by atoms with E-state index >= 15 is 0 Å². The summed E-state index contributed by atoms with van der Waals surface area (Å²) in [6.45, 7) is 0. The lowest BCUT2D eigenvalue weighted by Gasteiger charge is -2.14. The predicted molar refractivity (Wildman–Crippen MR) is 53.1 cm³/mol. The quantitative estimate of drug-likeness (QED) is 0.823. The van der Waals surface area contributed by atoms with Gasteiger partial charge in [-0.2, -0.15) is 0 Å². The molecule has 1 aliphatic rings. The minimum atomic E-state index is -0.475. The van der Waals surface area contributed by atoms with Crippen molar-refractivity contribution >= 4 is 11.6 Å². The Morgan fingerprint density at radius 1 is 1.50 bits per heavy atom. The van der Waals surface area contributed by atoms with Gasteiger partial charge >= 0.3 is 0 Å². The van der Waals surface area contributed by atoms with Gasteiger partial charge < -0.3 is 10.5 Å². The molecule has 2 nitrogen and oxygen atoms in total. The van der Waals surface area contributed by atoms with E-state index in [0.717, 1.165) is 18.4 Å². The molecule has 0 atom stereocenters. The molecule has 0 radical (unpaired) electrons. The number of hydrogen-bond donors (Lipinski definition) is 1. The van der Waals surface area contributed by atoms with E-state index in [4.69, 9.17) is 22.1 Å². The summed E-state index contributed by atoms with van der Waals surface area (Å²) in [7, 11) is 1.50. The molecule has 1 aromatic rings. The van der Waals surface area contributed by atoms with Crippen LogP contribution >= 0.6 is 11.6 Å². The second kappa shape index (κ2) is 3.11. The van der Waals surface area contributed by atoms with Crippen LogP contribution in [0.1, 0.15) is 18.4 Å². The van der Waals surface area contributed by atoms with Gasteiger partial charge in [-0.1, -0.05) is 11.6 Å². The molecule has 0 heterocycles. The van der Waals surface area contributed by atoms with Crippen molar-refractivity contribution in [3.05, 3.63) is 28.5 Å². The number of methoxy groups -OCH3 is 1. The first-order valence-corrected chi connectivity index (χ1v) is 4.77. The number of hydrogen-bond acceptors (Lipinski definition) is 2. The van der Waals surface area contributed by atoms with Crippen LogP contribution in [0.3, 0.4) is 0 Å². The van der Waals surface area contributed by atoms with Crippen LogP contribution in [-0.2, 0) is 5.54 Å². The van der Waals surface area contributed by atoms with E-state index in [-0.39, 0.29) is 10.6 Å². The van der Waals surface area contributed by atoms with Gasteiger partial charge in [0.2, 0.25) is 0 Å². The minimum Gasteiger partial charge on any atom is -0.496 e. The molecular formula is C10H11ClFNO. The summed E-state index contributed by atoms with van der Waals surface area (Å²) >= 11 is 5.69. The average molecular weight is 216 g/mol. The molecule has 0 saturated heterocycles. The Kier molecular flexibility index (Phi) is 2.16. The fraction of sp³-hybridized carbons (Fsp3) is 0.400. The molecule has 0 aliphatic heterocycles. The van der Waals surface area contributed by atoms with E-state index in [1.807, 2.05) is 0 Å². The van der Waals surface area contributed by atoms with Gasteiger partial charge in [0.15, 0.2) is 0 Å². The van der Waals surface area contributed by atoms with Gasteiger partial charge in [0.1, 0.15) is 11.6 Å². The molecule has 1 saturated carbocycles. The molecule has 76 valence electrons. The summed E-state index contributed by atoms with van der Waals surface area (Å²) in [6.07, 6.45) is 1.79. The van der Waals surface area contributed by atoms with Crippen LogP contribution in [0.2, 0.25) is 5.02 Å². The van der Waals surface area contributed by atoms with Crippen LogP contribution in [0, 0.1) is 5.82 Å². The molecule has 14 heavy (non-hydrogen) atoms. The summed E-state index contributed by atoms with van der Waals surface area (Å²) in [6, 6.07) is 2.84. The van der Waals surface area contributed by atoms with Crippen LogP contribution in [-0.4, -0.2) is 7.11 Å². The van der Waals surface area contributed by atoms with E-state index in [9.17, 15) is 4.39 Å². The Labute approximate surface area is 86.8 Å². The normalized spacial score (nSPS) is 18.0. The number of nitrogens with two attached hydrogens (primary N) is 1. The van der Waals surface area contributed by atoms with Gasteiger partial charge in [0, 0.05) is 17.2 Å². The molecule has 0 unspecified atom stereocenters. The summed E-state index contributed by atoms with van der Waals surface area (Å²) in [5, 5.41) is 0.0949. The van der Waals surface area contributed by atoms with Crippen molar-refractivity contribution in [2.24, 2.45) is 5.73 Å². The third kappa shape index (κ3) is 1.47. The van der Waals surface area contributed by atoms with Gasteiger partial charge in [0.05, 0.1) is 12.1 Å². The van der Waals surface area contributed by atoms with Crippen LogP contribution in [0.25, 0.3) is 0 Å². The lowest BCUT2D eigenvalue weighted by atomic mass is 10.0. The number of rotatable bonds is 2. The molecule has 2 N–H and O–H groups in total. The SMILES string of the molecule is COc1cc(F)c(Cl)cc1C1(N)CC1. The molecule has 1 aromatic carbocycles. The highest BCUT2D eigenvalue weighted by Crippen LogP contribution is 2.47. The lowest BCUT2D eigenvalue weighted by molar-refractivity contribution is 0.401. The monoisotopic (exact) mass is 215 g/mol. The summed E-state index contributed by atoms with van der Waals surface area (Å²) in [5.74, 6) is 0.00316. The first kappa shape index (κ1) is 9.74. The summed E-state index contributed by atoms with van der Waals surface area (Å²) in [5.41, 5.74) is 6.44. The first-order chi connectivity index (χ1) is 6.57. The number of ether oxygens (including phenoxy) is 1. The standard InChI is InChI=1S/C10H11ClFNO/c1-14-9-5-8(12)7(11)4-6(9)10(13)2-3-10/h4-5H,2-3,13H2,1H3. The Balaban J connectivity index is 2.52.